The van der Waals surface area contributed by atoms with Crippen molar-refractivity contribution >= 4 is 22.7 Å². The zero-order valence-corrected chi connectivity index (χ0v) is 7.49. The Balaban J connectivity index is 3.25. The van der Waals surface area contributed by atoms with Gasteiger partial charge in [-0.2, -0.15) is 4.39 Å². The van der Waals surface area contributed by atoms with Crippen LogP contribution in [0.2, 0.25) is 0 Å². The first-order valence-corrected chi connectivity index (χ1v) is 3.92. The van der Waals surface area contributed by atoms with Crippen LogP contribution < -0.4 is 0 Å². The van der Waals surface area contributed by atoms with Crippen molar-refractivity contribution in [2.45, 2.75) is 0 Å². The van der Waals surface area contributed by atoms with Gasteiger partial charge in [0.15, 0.2) is 5.83 Å². The van der Waals surface area contributed by atoms with Crippen LogP contribution >= 0.6 is 11.6 Å². The van der Waals surface area contributed by atoms with Crippen LogP contribution in [0.15, 0.2) is 30.1 Å². The highest BCUT2D eigenvalue weighted by Crippen LogP contribution is 2.24. The van der Waals surface area contributed by atoms with Crippen LogP contribution in [0.1, 0.15) is 5.56 Å². The lowest BCUT2D eigenvalue weighted by Gasteiger charge is -1.99. The molecule has 14 heavy (non-hydrogen) atoms. The monoisotopic (exact) mass is 220 g/mol. The molecule has 0 aliphatic rings. The first-order valence-electron chi connectivity index (χ1n) is 3.54. The molecule has 1 rings (SSSR count). The van der Waals surface area contributed by atoms with E-state index < -0.39 is 28.3 Å². The van der Waals surface area contributed by atoms with Crippen molar-refractivity contribution in [3.8, 4) is 0 Å². The molecule has 0 spiro atoms. The average molecular weight is 221 g/mol. The molecule has 1 nitrogen and oxygen atoms in total. The van der Waals surface area contributed by atoms with Crippen molar-refractivity contribution in [1.29, 1.82) is 0 Å². The lowest BCUT2D eigenvalue weighted by molar-refractivity contribution is -0.109. The maximum absolute atomic E-state index is 13.0. The lowest BCUT2D eigenvalue weighted by atomic mass is 10.2. The maximum Gasteiger partial charge on any atom is 0.283 e. The Morgan fingerprint density at radius 1 is 1.21 bits per heavy atom. The molecular formula is C9H4ClF3O. The summed E-state index contributed by atoms with van der Waals surface area (Å²) < 4.78 is 38.5. The molecule has 0 heterocycles. The first-order chi connectivity index (χ1) is 6.54. The molecule has 74 valence electrons. The van der Waals surface area contributed by atoms with Crippen molar-refractivity contribution in [3.05, 3.63) is 41.5 Å². The Labute approximate surface area is 82.8 Å². The van der Waals surface area contributed by atoms with E-state index in [1.807, 2.05) is 0 Å². The lowest BCUT2D eigenvalue weighted by Crippen LogP contribution is -1.93. The molecule has 0 atom stereocenters. The van der Waals surface area contributed by atoms with Gasteiger partial charge in [0.05, 0.1) is 0 Å². The summed E-state index contributed by atoms with van der Waals surface area (Å²) >= 11 is 4.69. The molecule has 0 unspecified atom stereocenters. The molecule has 0 saturated carbocycles. The molecular weight excluding hydrogens is 217 g/mol. The van der Waals surface area contributed by atoms with Crippen LogP contribution in [-0.4, -0.2) is 5.24 Å². The summed E-state index contributed by atoms with van der Waals surface area (Å²) in [6.45, 7) is 0. The summed E-state index contributed by atoms with van der Waals surface area (Å²) in [6, 6.07) is 4.57. The molecule has 1 aromatic carbocycles. The van der Waals surface area contributed by atoms with E-state index in [0.29, 0.717) is 0 Å². The quantitative estimate of drug-likeness (QED) is 0.553. The molecule has 0 aromatic heterocycles. The molecule has 0 aliphatic heterocycles. The van der Waals surface area contributed by atoms with Gasteiger partial charge in [0.25, 0.3) is 5.24 Å². The van der Waals surface area contributed by atoms with E-state index in [1.54, 1.807) is 0 Å². The number of allylic oxidation sites excluding steroid dienone is 1. The highest BCUT2D eigenvalue weighted by atomic mass is 35.5. The van der Waals surface area contributed by atoms with E-state index in [0.717, 1.165) is 12.1 Å². The number of carbonyl (C=O) groups excluding carboxylic acids is 1. The Hall–Kier alpha value is -1.29. The fourth-order valence-corrected chi connectivity index (χ4v) is 0.927. The third-order valence-electron chi connectivity index (χ3n) is 1.48. The molecule has 0 N–H and O–H groups in total. The van der Waals surface area contributed by atoms with Gasteiger partial charge in [0.2, 0.25) is 5.83 Å². The summed E-state index contributed by atoms with van der Waals surface area (Å²) in [5.74, 6) is -4.35. The number of hydrogen-bond donors (Lipinski definition) is 0. The minimum atomic E-state index is -1.79. The van der Waals surface area contributed by atoms with Crippen LogP contribution in [0.3, 0.4) is 0 Å². The van der Waals surface area contributed by atoms with Gasteiger partial charge in [-0.05, 0) is 23.7 Å². The van der Waals surface area contributed by atoms with Crippen LogP contribution in [-0.2, 0) is 4.79 Å². The number of benzene rings is 1. The molecule has 0 bridgehead atoms. The van der Waals surface area contributed by atoms with Gasteiger partial charge in [-0.3, -0.25) is 4.79 Å². The summed E-state index contributed by atoms with van der Waals surface area (Å²) in [5, 5.41) is -1.59. The second kappa shape index (κ2) is 4.28. The minimum Gasteiger partial charge on any atom is -0.273 e. The van der Waals surface area contributed by atoms with Crippen LogP contribution in [0.4, 0.5) is 13.2 Å². The summed E-state index contributed by atoms with van der Waals surface area (Å²) in [6.07, 6.45) is 0. The zero-order chi connectivity index (χ0) is 10.7. The van der Waals surface area contributed by atoms with Gasteiger partial charge in [0.1, 0.15) is 5.82 Å². The van der Waals surface area contributed by atoms with Gasteiger partial charge in [-0.1, -0.05) is 12.1 Å². The largest absolute Gasteiger partial charge is 0.283 e. The third-order valence-corrected chi connectivity index (χ3v) is 1.64. The molecule has 0 saturated heterocycles. The number of carbonyl (C=O) groups is 1. The van der Waals surface area contributed by atoms with Crippen LogP contribution in [0.5, 0.6) is 0 Å². The van der Waals surface area contributed by atoms with E-state index >= 15 is 0 Å². The van der Waals surface area contributed by atoms with Crippen molar-refractivity contribution in [3.63, 3.8) is 0 Å². The average Bonchev–Trinajstić information content (AvgIpc) is 2.16. The summed E-state index contributed by atoms with van der Waals surface area (Å²) in [7, 11) is 0. The van der Waals surface area contributed by atoms with Gasteiger partial charge in [0, 0.05) is 5.56 Å². The van der Waals surface area contributed by atoms with E-state index in [4.69, 9.17) is 11.6 Å². The molecule has 0 amide bonds. The van der Waals surface area contributed by atoms with Crippen LogP contribution in [0, 0.1) is 5.82 Å². The molecule has 0 fully saturated rings. The van der Waals surface area contributed by atoms with Crippen LogP contribution in [0.25, 0.3) is 5.83 Å². The maximum atomic E-state index is 13.0. The highest BCUT2D eigenvalue weighted by Gasteiger charge is 2.17. The Morgan fingerprint density at radius 3 is 2.29 bits per heavy atom. The first kappa shape index (κ1) is 10.8. The molecule has 0 radical (unpaired) electrons. The number of hydrogen-bond acceptors (Lipinski definition) is 1. The Morgan fingerprint density at radius 2 is 1.79 bits per heavy atom. The fraction of sp³-hybridized carbons (Fsp3) is 0. The topological polar surface area (TPSA) is 17.1 Å². The van der Waals surface area contributed by atoms with E-state index in [2.05, 4.69) is 0 Å². The number of rotatable bonds is 2. The molecule has 5 heteroatoms. The normalized spacial score (nSPS) is 12.3. The third kappa shape index (κ3) is 2.14. The van der Waals surface area contributed by atoms with Crippen molar-refractivity contribution in [2.24, 2.45) is 0 Å². The second-order valence-electron chi connectivity index (χ2n) is 2.38. The summed E-state index contributed by atoms with van der Waals surface area (Å²) in [5.41, 5.74) is -0.626. The van der Waals surface area contributed by atoms with Crippen molar-refractivity contribution < 1.29 is 18.0 Å². The highest BCUT2D eigenvalue weighted by molar-refractivity contribution is 6.67. The second-order valence-corrected chi connectivity index (χ2v) is 2.72. The SMILES string of the molecule is O=C(Cl)C(F)=C(F)c1ccccc1F. The van der Waals surface area contributed by atoms with Gasteiger partial charge in [-0.15, -0.1) is 0 Å². The van der Waals surface area contributed by atoms with E-state index in [1.165, 1.54) is 12.1 Å². The van der Waals surface area contributed by atoms with Gasteiger partial charge >= 0.3 is 0 Å². The molecule has 0 aliphatic carbocycles. The standard InChI is InChI=1S/C9H4ClF3O/c10-9(14)8(13)7(12)5-3-1-2-4-6(5)11/h1-4H. The zero-order valence-electron chi connectivity index (χ0n) is 6.73. The number of halogens is 4. The smallest absolute Gasteiger partial charge is 0.273 e. The molecule has 1 aromatic rings. The van der Waals surface area contributed by atoms with E-state index in [9.17, 15) is 18.0 Å². The van der Waals surface area contributed by atoms with E-state index in [-0.39, 0.29) is 0 Å². The van der Waals surface area contributed by atoms with Crippen molar-refractivity contribution in [2.75, 3.05) is 0 Å². The fourth-order valence-electron chi connectivity index (χ4n) is 0.844. The Kier molecular flexibility index (Phi) is 3.30. The van der Waals surface area contributed by atoms with Crippen molar-refractivity contribution in [1.82, 2.24) is 0 Å². The predicted molar refractivity (Wildman–Crippen MR) is 46.4 cm³/mol. The Bertz CT molecular complexity index is 401. The summed E-state index contributed by atoms with van der Waals surface area (Å²) in [4.78, 5) is 10.2. The van der Waals surface area contributed by atoms with Gasteiger partial charge in [-0.25, -0.2) is 8.78 Å². The van der Waals surface area contributed by atoms with Gasteiger partial charge < -0.3 is 0 Å². The predicted octanol–water partition coefficient (Wildman–Crippen LogP) is 3.20. The minimum absolute atomic E-state index is 0.626.